The number of aryl methyl sites for hydroxylation is 2. The Hall–Kier alpha value is -1.66. The molecule has 6 heteroatoms. The van der Waals surface area contributed by atoms with Crippen molar-refractivity contribution in [2.45, 2.75) is 37.6 Å². The number of hydrogen-bond acceptors (Lipinski definition) is 4. The van der Waals surface area contributed by atoms with Crippen molar-refractivity contribution in [3.8, 4) is 0 Å². The van der Waals surface area contributed by atoms with E-state index in [4.69, 9.17) is 4.52 Å². The lowest BCUT2D eigenvalue weighted by Gasteiger charge is -2.24. The molecular formula is C15H18N2O3S. The van der Waals surface area contributed by atoms with Crippen LogP contribution in [0, 0.1) is 13.8 Å². The lowest BCUT2D eigenvalue weighted by Crippen LogP contribution is -2.31. The van der Waals surface area contributed by atoms with E-state index in [0.29, 0.717) is 17.2 Å². The fourth-order valence-electron chi connectivity index (χ4n) is 3.01. The SMILES string of the molecule is Cc1noc(C)c1[C@@H]1CCCN1S(=O)(=O)c1ccccc1. The van der Waals surface area contributed by atoms with Gasteiger partial charge in [0.05, 0.1) is 16.6 Å². The van der Waals surface area contributed by atoms with Gasteiger partial charge in [-0.15, -0.1) is 0 Å². The molecule has 0 bridgehead atoms. The summed E-state index contributed by atoms with van der Waals surface area (Å²) in [4.78, 5) is 0.337. The molecule has 0 N–H and O–H groups in total. The predicted molar refractivity (Wildman–Crippen MR) is 78.3 cm³/mol. The van der Waals surface area contributed by atoms with Crippen molar-refractivity contribution in [3.05, 3.63) is 47.3 Å². The Morgan fingerprint density at radius 3 is 2.57 bits per heavy atom. The van der Waals surface area contributed by atoms with Crippen LogP contribution in [0.1, 0.15) is 35.9 Å². The summed E-state index contributed by atoms with van der Waals surface area (Å²) in [6.45, 7) is 4.23. The fourth-order valence-corrected chi connectivity index (χ4v) is 4.70. The second kappa shape index (κ2) is 5.27. The van der Waals surface area contributed by atoms with Crippen LogP contribution < -0.4 is 0 Å². The molecule has 2 heterocycles. The van der Waals surface area contributed by atoms with Crippen LogP contribution in [0.25, 0.3) is 0 Å². The van der Waals surface area contributed by atoms with Gasteiger partial charge in [-0.1, -0.05) is 23.4 Å². The maximum atomic E-state index is 12.8. The number of benzene rings is 1. The first-order valence-corrected chi connectivity index (χ1v) is 8.45. The van der Waals surface area contributed by atoms with Crippen LogP contribution in [-0.2, 0) is 10.0 Å². The largest absolute Gasteiger partial charge is 0.361 e. The number of sulfonamides is 1. The second-order valence-electron chi connectivity index (χ2n) is 5.32. The van der Waals surface area contributed by atoms with Gasteiger partial charge in [0.25, 0.3) is 0 Å². The summed E-state index contributed by atoms with van der Waals surface area (Å²) < 4.78 is 32.5. The zero-order valence-corrected chi connectivity index (χ0v) is 12.9. The highest BCUT2D eigenvalue weighted by Gasteiger charge is 2.38. The van der Waals surface area contributed by atoms with E-state index in [0.717, 1.165) is 24.1 Å². The molecule has 1 atom stereocenters. The van der Waals surface area contributed by atoms with Gasteiger partial charge < -0.3 is 4.52 Å². The predicted octanol–water partition coefficient (Wildman–Crippen LogP) is 2.82. The van der Waals surface area contributed by atoms with Gasteiger partial charge in [-0.3, -0.25) is 0 Å². The highest BCUT2D eigenvalue weighted by Crippen LogP contribution is 2.39. The molecule has 3 rings (SSSR count). The molecule has 0 radical (unpaired) electrons. The average Bonchev–Trinajstić information content (AvgIpc) is 3.07. The molecule has 1 aliphatic rings. The first-order valence-electron chi connectivity index (χ1n) is 7.01. The van der Waals surface area contributed by atoms with Crippen molar-refractivity contribution in [1.82, 2.24) is 9.46 Å². The lowest BCUT2D eigenvalue weighted by atomic mass is 10.0. The summed E-state index contributed by atoms with van der Waals surface area (Å²) in [7, 11) is -3.48. The van der Waals surface area contributed by atoms with Gasteiger partial charge in [-0.25, -0.2) is 8.42 Å². The summed E-state index contributed by atoms with van der Waals surface area (Å²) in [6.07, 6.45) is 1.65. The van der Waals surface area contributed by atoms with Crippen LogP contribution >= 0.6 is 0 Å². The molecule has 1 aromatic carbocycles. The van der Waals surface area contributed by atoms with Crippen LogP contribution in [0.3, 0.4) is 0 Å². The van der Waals surface area contributed by atoms with Crippen molar-refractivity contribution in [3.63, 3.8) is 0 Å². The summed E-state index contributed by atoms with van der Waals surface area (Å²) in [5.41, 5.74) is 1.68. The monoisotopic (exact) mass is 306 g/mol. The van der Waals surface area contributed by atoms with Gasteiger partial charge in [0.15, 0.2) is 0 Å². The van der Waals surface area contributed by atoms with Crippen LogP contribution in [0.2, 0.25) is 0 Å². The van der Waals surface area contributed by atoms with Crippen LogP contribution in [0.15, 0.2) is 39.8 Å². The minimum atomic E-state index is -3.48. The average molecular weight is 306 g/mol. The third kappa shape index (κ3) is 2.38. The Morgan fingerprint density at radius 1 is 1.24 bits per heavy atom. The van der Waals surface area contributed by atoms with E-state index in [1.165, 1.54) is 0 Å². The lowest BCUT2D eigenvalue weighted by molar-refractivity contribution is 0.376. The molecule has 0 aliphatic carbocycles. The van der Waals surface area contributed by atoms with Crippen molar-refractivity contribution in [2.24, 2.45) is 0 Å². The van der Waals surface area contributed by atoms with E-state index in [-0.39, 0.29) is 6.04 Å². The highest BCUT2D eigenvalue weighted by atomic mass is 32.2. The summed E-state index contributed by atoms with van der Waals surface area (Å²) >= 11 is 0. The summed E-state index contributed by atoms with van der Waals surface area (Å²) in [5, 5.41) is 3.95. The van der Waals surface area contributed by atoms with Crippen molar-refractivity contribution in [2.75, 3.05) is 6.54 Å². The normalized spacial score (nSPS) is 20.0. The number of aromatic nitrogens is 1. The minimum Gasteiger partial charge on any atom is -0.361 e. The van der Waals surface area contributed by atoms with Gasteiger partial charge in [-0.2, -0.15) is 4.31 Å². The minimum absolute atomic E-state index is 0.179. The van der Waals surface area contributed by atoms with Gasteiger partial charge in [0.1, 0.15) is 5.76 Å². The molecule has 112 valence electrons. The van der Waals surface area contributed by atoms with E-state index in [9.17, 15) is 8.42 Å². The van der Waals surface area contributed by atoms with Gasteiger partial charge in [0.2, 0.25) is 10.0 Å². The third-order valence-electron chi connectivity index (χ3n) is 3.98. The van der Waals surface area contributed by atoms with Crippen molar-refractivity contribution in [1.29, 1.82) is 0 Å². The standard InChI is InChI=1S/C15H18N2O3S/c1-11-15(12(2)20-16-11)14-9-6-10-17(14)21(18,19)13-7-4-3-5-8-13/h3-5,7-8,14H,6,9-10H2,1-2H3/t14-/m0/s1. The third-order valence-corrected chi connectivity index (χ3v) is 5.90. The Bertz CT molecular complexity index is 718. The quantitative estimate of drug-likeness (QED) is 0.874. The van der Waals surface area contributed by atoms with E-state index >= 15 is 0 Å². The van der Waals surface area contributed by atoms with Crippen LogP contribution in [0.5, 0.6) is 0 Å². The van der Waals surface area contributed by atoms with Crippen LogP contribution in [-0.4, -0.2) is 24.4 Å². The maximum absolute atomic E-state index is 12.8. The van der Waals surface area contributed by atoms with Gasteiger partial charge in [0, 0.05) is 12.1 Å². The molecule has 1 aliphatic heterocycles. The molecule has 1 saturated heterocycles. The zero-order chi connectivity index (χ0) is 15.0. The first kappa shape index (κ1) is 14.3. The second-order valence-corrected chi connectivity index (χ2v) is 7.22. The van der Waals surface area contributed by atoms with E-state index in [2.05, 4.69) is 5.16 Å². The highest BCUT2D eigenvalue weighted by molar-refractivity contribution is 7.89. The molecule has 1 aromatic heterocycles. The fraction of sp³-hybridized carbons (Fsp3) is 0.400. The Labute approximate surface area is 124 Å². The number of nitrogens with zero attached hydrogens (tertiary/aromatic N) is 2. The smallest absolute Gasteiger partial charge is 0.243 e. The molecule has 0 amide bonds. The Morgan fingerprint density at radius 2 is 1.95 bits per heavy atom. The van der Waals surface area contributed by atoms with E-state index < -0.39 is 10.0 Å². The molecule has 1 fully saturated rings. The topological polar surface area (TPSA) is 63.4 Å². The molecule has 21 heavy (non-hydrogen) atoms. The summed E-state index contributed by atoms with van der Waals surface area (Å²) in [6, 6.07) is 8.40. The Balaban J connectivity index is 2.02. The van der Waals surface area contributed by atoms with Crippen molar-refractivity contribution >= 4 is 10.0 Å². The summed E-state index contributed by atoms with van der Waals surface area (Å²) in [5.74, 6) is 0.702. The maximum Gasteiger partial charge on any atom is 0.243 e. The van der Waals surface area contributed by atoms with Crippen LogP contribution in [0.4, 0.5) is 0 Å². The van der Waals surface area contributed by atoms with Gasteiger partial charge >= 0.3 is 0 Å². The molecule has 0 saturated carbocycles. The van der Waals surface area contributed by atoms with E-state index in [1.54, 1.807) is 28.6 Å². The molecular weight excluding hydrogens is 288 g/mol. The molecule has 0 spiro atoms. The first-order chi connectivity index (χ1) is 10.0. The number of hydrogen-bond donors (Lipinski definition) is 0. The molecule has 2 aromatic rings. The zero-order valence-electron chi connectivity index (χ0n) is 12.1. The molecule has 5 nitrogen and oxygen atoms in total. The Kier molecular flexibility index (Phi) is 3.59. The van der Waals surface area contributed by atoms with Gasteiger partial charge in [-0.05, 0) is 38.8 Å². The van der Waals surface area contributed by atoms with Crippen molar-refractivity contribution < 1.29 is 12.9 Å². The number of rotatable bonds is 3. The van der Waals surface area contributed by atoms with E-state index in [1.807, 2.05) is 19.9 Å². The molecule has 0 unspecified atom stereocenters.